The maximum Gasteiger partial charge on any atom is 0.365 e. The van der Waals surface area contributed by atoms with Crippen molar-refractivity contribution in [2.75, 3.05) is 6.61 Å². The fourth-order valence-electron chi connectivity index (χ4n) is 2.28. The molecule has 3 rings (SSSR count). The molecule has 1 aromatic heterocycles. The number of benzene rings is 2. The van der Waals surface area contributed by atoms with Gasteiger partial charge in [0.15, 0.2) is 0 Å². The summed E-state index contributed by atoms with van der Waals surface area (Å²) < 4.78 is 5.63. The monoisotopic (exact) mass is 325 g/mol. The van der Waals surface area contributed by atoms with Crippen molar-refractivity contribution in [3.8, 4) is 5.75 Å². The van der Waals surface area contributed by atoms with Gasteiger partial charge in [0.1, 0.15) is 16.8 Å². The number of hydrogen-bond acceptors (Lipinski definition) is 5. The molecule has 3 aromatic rings. The highest BCUT2D eigenvalue weighted by molar-refractivity contribution is 5.90. The van der Waals surface area contributed by atoms with Crippen molar-refractivity contribution in [2.24, 2.45) is 0 Å². The van der Waals surface area contributed by atoms with E-state index in [1.807, 2.05) is 12.1 Å². The topological polar surface area (TPSA) is 66.2 Å². The van der Waals surface area contributed by atoms with Crippen LogP contribution < -0.4 is 9.57 Å². The zero-order valence-corrected chi connectivity index (χ0v) is 13.5. The van der Waals surface area contributed by atoms with Crippen molar-refractivity contribution >= 4 is 17.0 Å². The number of ether oxygens (including phenoxy) is 1. The molecule has 0 amide bonds. The van der Waals surface area contributed by atoms with E-state index in [2.05, 4.69) is 17.2 Å². The fraction of sp³-hybridized carbons (Fsp3) is 0.278. The predicted molar refractivity (Wildman–Crippen MR) is 89.9 cm³/mol. The van der Waals surface area contributed by atoms with E-state index >= 15 is 0 Å². The molecule has 0 aliphatic rings. The summed E-state index contributed by atoms with van der Waals surface area (Å²) in [5, 5.41) is 7.78. The minimum absolute atomic E-state index is 0.426. The van der Waals surface area contributed by atoms with Crippen LogP contribution in [0, 0.1) is 0 Å². The lowest BCUT2D eigenvalue weighted by Gasteiger charge is -2.07. The molecule has 0 radical (unpaired) electrons. The Bertz CT molecular complexity index is 812. The summed E-state index contributed by atoms with van der Waals surface area (Å²) in [6.45, 7) is 2.83. The number of carbonyl (C=O) groups excluding carboxylic acids is 1. The van der Waals surface area contributed by atoms with Gasteiger partial charge in [0.25, 0.3) is 0 Å². The molecule has 0 atom stereocenters. The molecule has 0 saturated heterocycles. The molecule has 24 heavy (non-hydrogen) atoms. The normalized spacial score (nSPS) is 10.7. The number of aromatic nitrogens is 3. The van der Waals surface area contributed by atoms with E-state index in [-0.39, 0.29) is 0 Å². The van der Waals surface area contributed by atoms with Crippen LogP contribution in [0.1, 0.15) is 36.5 Å². The highest BCUT2D eigenvalue weighted by Gasteiger charge is 2.12. The van der Waals surface area contributed by atoms with Gasteiger partial charge in [-0.1, -0.05) is 36.7 Å². The van der Waals surface area contributed by atoms with Gasteiger partial charge in [-0.15, -0.1) is 5.10 Å². The smallest absolute Gasteiger partial charge is 0.365 e. The third-order valence-electron chi connectivity index (χ3n) is 3.60. The van der Waals surface area contributed by atoms with E-state index < -0.39 is 5.97 Å². The van der Waals surface area contributed by atoms with Crippen LogP contribution in [0.4, 0.5) is 0 Å². The highest BCUT2D eigenvalue weighted by atomic mass is 16.7. The molecule has 124 valence electrons. The van der Waals surface area contributed by atoms with Crippen molar-refractivity contribution in [2.45, 2.75) is 26.2 Å². The number of carbonyl (C=O) groups is 1. The molecule has 0 aliphatic heterocycles. The summed E-state index contributed by atoms with van der Waals surface area (Å²) >= 11 is 0. The van der Waals surface area contributed by atoms with E-state index in [1.54, 1.807) is 36.4 Å². The van der Waals surface area contributed by atoms with Crippen LogP contribution in [-0.2, 0) is 0 Å². The molecule has 0 saturated carbocycles. The first kappa shape index (κ1) is 16.0. The molecule has 0 bridgehead atoms. The Kier molecular flexibility index (Phi) is 5.05. The van der Waals surface area contributed by atoms with E-state index in [1.165, 1.54) is 0 Å². The Morgan fingerprint density at radius 1 is 1.08 bits per heavy atom. The van der Waals surface area contributed by atoms with Crippen molar-refractivity contribution < 1.29 is 14.4 Å². The number of unbranched alkanes of at least 4 members (excludes halogenated alkanes) is 2. The molecular formula is C18H19N3O3. The van der Waals surface area contributed by atoms with Crippen molar-refractivity contribution in [3.05, 3.63) is 54.1 Å². The van der Waals surface area contributed by atoms with Gasteiger partial charge in [0.2, 0.25) is 0 Å². The summed E-state index contributed by atoms with van der Waals surface area (Å²) in [6, 6.07) is 14.2. The molecule has 1 heterocycles. The third-order valence-corrected chi connectivity index (χ3v) is 3.60. The van der Waals surface area contributed by atoms with Crippen LogP contribution >= 0.6 is 0 Å². The van der Waals surface area contributed by atoms with Gasteiger partial charge in [-0.2, -0.15) is 0 Å². The Morgan fingerprint density at radius 2 is 1.88 bits per heavy atom. The summed E-state index contributed by atoms with van der Waals surface area (Å²) in [5.74, 6) is 0.247. The molecular weight excluding hydrogens is 306 g/mol. The second-order valence-electron chi connectivity index (χ2n) is 5.41. The lowest BCUT2D eigenvalue weighted by molar-refractivity contribution is 0.0409. The summed E-state index contributed by atoms with van der Waals surface area (Å²) in [5.41, 5.74) is 1.73. The average Bonchev–Trinajstić information content (AvgIpc) is 3.02. The van der Waals surface area contributed by atoms with Crippen LogP contribution in [0.5, 0.6) is 5.75 Å². The quantitative estimate of drug-likeness (QED) is 0.493. The first-order valence-corrected chi connectivity index (χ1v) is 8.04. The predicted octanol–water partition coefficient (Wildman–Crippen LogP) is 3.27. The fourth-order valence-corrected chi connectivity index (χ4v) is 2.28. The molecule has 2 aromatic carbocycles. The zero-order valence-electron chi connectivity index (χ0n) is 13.5. The Hall–Kier alpha value is -2.89. The van der Waals surface area contributed by atoms with Crippen LogP contribution in [0.15, 0.2) is 48.5 Å². The van der Waals surface area contributed by atoms with Gasteiger partial charge < -0.3 is 9.57 Å². The van der Waals surface area contributed by atoms with Gasteiger partial charge in [-0.3, -0.25) is 0 Å². The first-order chi connectivity index (χ1) is 11.8. The maximum atomic E-state index is 12.2. The van der Waals surface area contributed by atoms with E-state index in [4.69, 9.17) is 9.57 Å². The first-order valence-electron chi connectivity index (χ1n) is 8.04. The van der Waals surface area contributed by atoms with Crippen LogP contribution in [0.3, 0.4) is 0 Å². The zero-order chi connectivity index (χ0) is 16.8. The largest absolute Gasteiger partial charge is 0.494 e. The number of nitrogens with zero attached hydrogens (tertiary/aromatic N) is 3. The minimum Gasteiger partial charge on any atom is -0.494 e. The Balaban J connectivity index is 1.63. The summed E-state index contributed by atoms with van der Waals surface area (Å²) in [7, 11) is 0. The third kappa shape index (κ3) is 3.71. The van der Waals surface area contributed by atoms with Gasteiger partial charge in [0.05, 0.1) is 12.2 Å². The molecule has 6 nitrogen and oxygen atoms in total. The Morgan fingerprint density at radius 3 is 2.67 bits per heavy atom. The minimum atomic E-state index is -0.497. The SMILES string of the molecule is CCCCCOc1ccc(C(=O)On2nnc3ccccc32)cc1. The van der Waals surface area contributed by atoms with E-state index in [9.17, 15) is 4.79 Å². The Labute approximate surface area is 139 Å². The maximum absolute atomic E-state index is 12.2. The number of para-hydroxylation sites is 1. The van der Waals surface area contributed by atoms with E-state index in [0.29, 0.717) is 23.2 Å². The van der Waals surface area contributed by atoms with Crippen molar-refractivity contribution in [1.29, 1.82) is 0 Å². The summed E-state index contributed by atoms with van der Waals surface area (Å²) in [4.78, 5) is 18.6. The van der Waals surface area contributed by atoms with Gasteiger partial charge in [0, 0.05) is 0 Å². The van der Waals surface area contributed by atoms with Gasteiger partial charge >= 0.3 is 5.97 Å². The molecule has 0 N–H and O–H groups in total. The van der Waals surface area contributed by atoms with Crippen LogP contribution in [0.2, 0.25) is 0 Å². The second kappa shape index (κ2) is 7.59. The number of rotatable bonds is 7. The summed E-state index contributed by atoms with van der Waals surface area (Å²) in [6.07, 6.45) is 3.33. The van der Waals surface area contributed by atoms with Gasteiger partial charge in [-0.05, 0) is 48.0 Å². The lowest BCUT2D eigenvalue weighted by Crippen LogP contribution is -2.21. The molecule has 0 unspecified atom stereocenters. The molecule has 0 spiro atoms. The molecule has 6 heteroatoms. The number of fused-ring (bicyclic) bond motifs is 1. The second-order valence-corrected chi connectivity index (χ2v) is 5.41. The molecule has 0 aliphatic carbocycles. The van der Waals surface area contributed by atoms with Crippen LogP contribution in [0.25, 0.3) is 11.0 Å². The highest BCUT2D eigenvalue weighted by Crippen LogP contribution is 2.14. The van der Waals surface area contributed by atoms with Crippen molar-refractivity contribution in [1.82, 2.24) is 15.2 Å². The number of hydrogen-bond donors (Lipinski definition) is 0. The average molecular weight is 325 g/mol. The molecule has 0 fully saturated rings. The van der Waals surface area contributed by atoms with Crippen LogP contribution in [-0.4, -0.2) is 27.7 Å². The lowest BCUT2D eigenvalue weighted by atomic mass is 10.2. The van der Waals surface area contributed by atoms with Crippen molar-refractivity contribution in [3.63, 3.8) is 0 Å². The van der Waals surface area contributed by atoms with Gasteiger partial charge in [-0.25, -0.2) is 4.79 Å². The van der Waals surface area contributed by atoms with E-state index in [0.717, 1.165) is 29.9 Å². The standard InChI is InChI=1S/C18H19N3O3/c1-2-3-6-13-23-15-11-9-14(10-12-15)18(22)24-21-17-8-5-4-7-16(17)19-20-21/h4-5,7-12H,2-3,6,13H2,1H3.